The molecule has 0 saturated carbocycles. The maximum absolute atomic E-state index is 12.7. The third-order valence-electron chi connectivity index (χ3n) is 5.17. The second-order valence-electron chi connectivity index (χ2n) is 7.22. The van der Waals surface area contributed by atoms with Crippen molar-refractivity contribution in [1.29, 1.82) is 0 Å². The van der Waals surface area contributed by atoms with Gasteiger partial charge in [0.25, 0.3) is 0 Å². The molecule has 28 heavy (non-hydrogen) atoms. The Morgan fingerprint density at radius 1 is 0.929 bits per heavy atom. The number of anilines is 2. The minimum absolute atomic E-state index is 0.111. The molecule has 0 bridgehead atoms. The van der Waals surface area contributed by atoms with Crippen molar-refractivity contribution in [3.8, 4) is 11.5 Å². The minimum Gasteiger partial charge on any atom is -0.497 e. The number of hydrogen-bond donors (Lipinski definition) is 1. The van der Waals surface area contributed by atoms with E-state index in [1.54, 1.807) is 32.4 Å². The van der Waals surface area contributed by atoms with Gasteiger partial charge in [0.05, 0.1) is 19.9 Å². The smallest absolute Gasteiger partial charge is 0.322 e. The Labute approximate surface area is 167 Å². The molecule has 6 heteroatoms. The van der Waals surface area contributed by atoms with Crippen molar-refractivity contribution in [2.75, 3.05) is 50.6 Å². The summed E-state index contributed by atoms with van der Waals surface area (Å²) in [5.41, 5.74) is 5.80. The summed E-state index contributed by atoms with van der Waals surface area (Å²) in [5, 5.41) is 2.96. The van der Waals surface area contributed by atoms with Gasteiger partial charge >= 0.3 is 6.03 Å². The molecule has 2 aromatic carbocycles. The molecule has 1 aliphatic heterocycles. The Kier molecular flexibility index (Phi) is 5.97. The van der Waals surface area contributed by atoms with Gasteiger partial charge in [-0.05, 0) is 44.0 Å². The third kappa shape index (κ3) is 4.16. The average molecular weight is 383 g/mol. The molecule has 0 radical (unpaired) electrons. The fourth-order valence-electron chi connectivity index (χ4n) is 3.90. The van der Waals surface area contributed by atoms with Crippen LogP contribution in [-0.4, -0.2) is 51.3 Å². The lowest BCUT2D eigenvalue weighted by atomic mass is 10.0. The van der Waals surface area contributed by atoms with Crippen LogP contribution in [0.4, 0.5) is 16.2 Å². The molecule has 1 fully saturated rings. The van der Waals surface area contributed by atoms with Crippen LogP contribution in [0.3, 0.4) is 0 Å². The summed E-state index contributed by atoms with van der Waals surface area (Å²) in [5.74, 6) is 1.27. The number of nitrogens with one attached hydrogen (secondary N) is 1. The van der Waals surface area contributed by atoms with Gasteiger partial charge in [0.15, 0.2) is 0 Å². The van der Waals surface area contributed by atoms with E-state index in [0.717, 1.165) is 13.1 Å². The van der Waals surface area contributed by atoms with Crippen LogP contribution in [0.5, 0.6) is 11.5 Å². The van der Waals surface area contributed by atoms with Gasteiger partial charge in [-0.15, -0.1) is 0 Å². The van der Waals surface area contributed by atoms with Gasteiger partial charge in [-0.25, -0.2) is 4.79 Å². The van der Waals surface area contributed by atoms with E-state index in [4.69, 9.17) is 9.47 Å². The second kappa shape index (κ2) is 8.42. The Morgan fingerprint density at radius 2 is 1.57 bits per heavy atom. The van der Waals surface area contributed by atoms with E-state index in [1.807, 2.05) is 4.90 Å². The van der Waals surface area contributed by atoms with Crippen LogP contribution in [0.1, 0.15) is 16.7 Å². The Hall–Kier alpha value is -2.89. The minimum atomic E-state index is -0.111. The summed E-state index contributed by atoms with van der Waals surface area (Å²) >= 11 is 0. The fourth-order valence-corrected chi connectivity index (χ4v) is 3.90. The largest absolute Gasteiger partial charge is 0.497 e. The number of carbonyl (C=O) groups is 1. The molecule has 6 nitrogen and oxygen atoms in total. The molecule has 0 atom stereocenters. The molecule has 1 saturated heterocycles. The normalized spacial score (nSPS) is 14.0. The van der Waals surface area contributed by atoms with E-state index in [-0.39, 0.29) is 6.03 Å². The van der Waals surface area contributed by atoms with Gasteiger partial charge in [0.2, 0.25) is 0 Å². The topological polar surface area (TPSA) is 54.0 Å². The van der Waals surface area contributed by atoms with Crippen molar-refractivity contribution in [3.05, 3.63) is 47.0 Å². The molecule has 1 N–H and O–H groups in total. The molecule has 1 aliphatic rings. The van der Waals surface area contributed by atoms with Crippen LogP contribution in [-0.2, 0) is 0 Å². The van der Waals surface area contributed by atoms with E-state index in [2.05, 4.69) is 43.1 Å². The number of urea groups is 1. The van der Waals surface area contributed by atoms with Gasteiger partial charge in [0.1, 0.15) is 11.5 Å². The molecule has 0 spiro atoms. The highest BCUT2D eigenvalue weighted by Gasteiger charge is 2.23. The molecule has 3 rings (SSSR count). The number of amides is 2. The molecule has 0 unspecified atom stereocenters. The highest BCUT2D eigenvalue weighted by atomic mass is 16.5. The van der Waals surface area contributed by atoms with Gasteiger partial charge in [-0.2, -0.15) is 0 Å². The highest BCUT2D eigenvalue weighted by molar-refractivity contribution is 5.91. The number of carbonyl (C=O) groups excluding carboxylic acids is 1. The molecular formula is C22H29N3O3. The van der Waals surface area contributed by atoms with Gasteiger partial charge in [-0.1, -0.05) is 17.7 Å². The zero-order chi connectivity index (χ0) is 20.3. The second-order valence-corrected chi connectivity index (χ2v) is 7.22. The molecule has 150 valence electrons. The predicted octanol–water partition coefficient (Wildman–Crippen LogP) is 3.98. The summed E-state index contributed by atoms with van der Waals surface area (Å²) in [6, 6.07) is 9.69. The first-order valence-electron chi connectivity index (χ1n) is 9.53. The van der Waals surface area contributed by atoms with E-state index < -0.39 is 0 Å². The maximum atomic E-state index is 12.7. The molecular weight excluding hydrogens is 354 g/mol. The quantitative estimate of drug-likeness (QED) is 0.868. The molecule has 1 heterocycles. The molecule has 2 amide bonds. The van der Waals surface area contributed by atoms with Crippen molar-refractivity contribution in [2.45, 2.75) is 20.8 Å². The Balaban J connectivity index is 1.65. The van der Waals surface area contributed by atoms with Crippen LogP contribution >= 0.6 is 0 Å². The number of piperazine rings is 1. The fraction of sp³-hybridized carbons (Fsp3) is 0.409. The Morgan fingerprint density at radius 3 is 2.14 bits per heavy atom. The molecule has 2 aromatic rings. The number of aryl methyl sites for hydroxylation is 3. The zero-order valence-corrected chi connectivity index (χ0v) is 17.3. The molecule has 0 aromatic heterocycles. The SMILES string of the molecule is COc1ccc(NC(=O)N2CCN(c3c(C)cc(C)cc3C)CC2)c(OC)c1. The first kappa shape index (κ1) is 19.9. The van der Waals surface area contributed by atoms with Crippen LogP contribution in [0, 0.1) is 20.8 Å². The average Bonchev–Trinajstić information content (AvgIpc) is 2.68. The number of methoxy groups -OCH3 is 2. The van der Waals surface area contributed by atoms with Crippen LogP contribution in [0.2, 0.25) is 0 Å². The van der Waals surface area contributed by atoms with Crippen molar-refractivity contribution in [2.24, 2.45) is 0 Å². The maximum Gasteiger partial charge on any atom is 0.322 e. The van der Waals surface area contributed by atoms with Crippen LogP contribution in [0.15, 0.2) is 30.3 Å². The monoisotopic (exact) mass is 383 g/mol. The molecule has 0 aliphatic carbocycles. The zero-order valence-electron chi connectivity index (χ0n) is 17.3. The van der Waals surface area contributed by atoms with Gasteiger partial charge < -0.3 is 24.6 Å². The number of hydrogen-bond acceptors (Lipinski definition) is 4. The van der Waals surface area contributed by atoms with Gasteiger partial charge in [0, 0.05) is 37.9 Å². The standard InChI is InChI=1S/C22H29N3O3/c1-15-12-16(2)21(17(3)13-15)24-8-10-25(11-9-24)22(26)23-19-7-6-18(27-4)14-20(19)28-5/h6-7,12-14H,8-11H2,1-5H3,(H,23,26). The van der Waals surface area contributed by atoms with Gasteiger partial charge in [-0.3, -0.25) is 0 Å². The number of rotatable bonds is 4. The van der Waals surface area contributed by atoms with Crippen molar-refractivity contribution < 1.29 is 14.3 Å². The van der Waals surface area contributed by atoms with Crippen molar-refractivity contribution in [3.63, 3.8) is 0 Å². The van der Waals surface area contributed by atoms with E-state index in [0.29, 0.717) is 30.3 Å². The number of nitrogens with zero attached hydrogens (tertiary/aromatic N) is 2. The Bertz CT molecular complexity index is 835. The lowest BCUT2D eigenvalue weighted by Crippen LogP contribution is -2.50. The summed E-state index contributed by atoms with van der Waals surface area (Å²) in [7, 11) is 3.18. The summed E-state index contributed by atoms with van der Waals surface area (Å²) in [6.45, 7) is 9.43. The first-order chi connectivity index (χ1) is 13.4. The lowest BCUT2D eigenvalue weighted by molar-refractivity contribution is 0.208. The number of ether oxygens (including phenoxy) is 2. The highest BCUT2D eigenvalue weighted by Crippen LogP contribution is 2.30. The van der Waals surface area contributed by atoms with E-state index in [9.17, 15) is 4.79 Å². The van der Waals surface area contributed by atoms with Crippen LogP contribution < -0.4 is 19.7 Å². The van der Waals surface area contributed by atoms with Crippen LogP contribution in [0.25, 0.3) is 0 Å². The lowest BCUT2D eigenvalue weighted by Gasteiger charge is -2.37. The number of benzene rings is 2. The summed E-state index contributed by atoms with van der Waals surface area (Å²) in [4.78, 5) is 16.9. The van der Waals surface area contributed by atoms with Crippen molar-refractivity contribution in [1.82, 2.24) is 4.90 Å². The summed E-state index contributed by atoms with van der Waals surface area (Å²) < 4.78 is 10.6. The summed E-state index contributed by atoms with van der Waals surface area (Å²) in [6.07, 6.45) is 0. The first-order valence-corrected chi connectivity index (χ1v) is 9.53. The third-order valence-corrected chi connectivity index (χ3v) is 5.17. The van der Waals surface area contributed by atoms with E-state index >= 15 is 0 Å². The van der Waals surface area contributed by atoms with Crippen molar-refractivity contribution >= 4 is 17.4 Å². The predicted molar refractivity (Wildman–Crippen MR) is 113 cm³/mol. The van der Waals surface area contributed by atoms with E-state index in [1.165, 1.54) is 22.4 Å².